The number of hydrogen-bond donors (Lipinski definition) is 1. The van der Waals surface area contributed by atoms with Crippen molar-refractivity contribution in [3.05, 3.63) is 0 Å². The van der Waals surface area contributed by atoms with Gasteiger partial charge >= 0.3 is 0 Å². The Bertz CT molecular complexity index is 411. The van der Waals surface area contributed by atoms with Gasteiger partial charge in [-0.05, 0) is 33.1 Å². The highest BCUT2D eigenvalue weighted by molar-refractivity contribution is 7.90. The average molecular weight is 305 g/mol. The van der Waals surface area contributed by atoms with Crippen LogP contribution in [0.3, 0.4) is 0 Å². The number of hydrogen-bond acceptors (Lipinski definition) is 3. The second-order valence-corrected chi connectivity index (χ2v) is 9.83. The number of rotatable bonds is 7. The monoisotopic (exact) mass is 305 g/mol. The molecular formula is C15H31NO3S. The van der Waals surface area contributed by atoms with E-state index in [1.54, 1.807) is 25.1 Å². The number of sulfonamides is 1. The lowest BCUT2D eigenvalue weighted by Gasteiger charge is -2.22. The molecule has 0 spiro atoms. The van der Waals surface area contributed by atoms with Crippen LogP contribution in [0.5, 0.6) is 0 Å². The predicted molar refractivity (Wildman–Crippen MR) is 83.1 cm³/mol. The Labute approximate surface area is 124 Å². The fraction of sp³-hybridized carbons (Fsp3) is 1.00. The Hall–Kier alpha value is -0.130. The molecule has 1 aliphatic rings. The molecule has 1 unspecified atom stereocenters. The fourth-order valence-electron chi connectivity index (χ4n) is 2.61. The van der Waals surface area contributed by atoms with Gasteiger partial charge in [-0.15, -0.1) is 0 Å². The zero-order valence-corrected chi connectivity index (χ0v) is 14.6. The van der Waals surface area contributed by atoms with E-state index in [2.05, 4.69) is 6.92 Å². The van der Waals surface area contributed by atoms with E-state index in [-0.39, 0.29) is 18.0 Å². The summed E-state index contributed by atoms with van der Waals surface area (Å²) in [6.45, 7) is 11.2. The van der Waals surface area contributed by atoms with Gasteiger partial charge in [0.2, 0.25) is 10.0 Å². The molecule has 1 fully saturated rings. The molecule has 1 saturated heterocycles. The Morgan fingerprint density at radius 3 is 2.15 bits per heavy atom. The molecule has 0 aromatic heterocycles. The van der Waals surface area contributed by atoms with Crippen LogP contribution in [0.4, 0.5) is 0 Å². The number of aliphatic hydroxyl groups excluding tert-OH is 1. The maximum Gasteiger partial charge on any atom is 0.219 e. The van der Waals surface area contributed by atoms with Crippen molar-refractivity contribution in [2.24, 2.45) is 5.92 Å². The normalized spacial score (nSPS) is 28.7. The van der Waals surface area contributed by atoms with Crippen LogP contribution in [0.1, 0.15) is 67.2 Å². The van der Waals surface area contributed by atoms with Gasteiger partial charge in [0, 0.05) is 6.04 Å². The van der Waals surface area contributed by atoms with Gasteiger partial charge in [-0.2, -0.15) is 4.31 Å². The van der Waals surface area contributed by atoms with Gasteiger partial charge in [-0.25, -0.2) is 8.42 Å². The molecule has 0 bridgehead atoms. The van der Waals surface area contributed by atoms with Crippen LogP contribution < -0.4 is 0 Å². The molecule has 4 atom stereocenters. The Kier molecular flexibility index (Phi) is 5.67. The lowest BCUT2D eigenvalue weighted by molar-refractivity contribution is 0.115. The topological polar surface area (TPSA) is 57.4 Å². The van der Waals surface area contributed by atoms with E-state index >= 15 is 0 Å². The summed E-state index contributed by atoms with van der Waals surface area (Å²) in [6.07, 6.45) is 3.55. The summed E-state index contributed by atoms with van der Waals surface area (Å²) in [5.41, 5.74) is 0. The molecule has 0 amide bonds. The standard InChI is InChI=1S/C15H31NO3S/c1-7-8-9-10-12-13(14(17)11(2)3)16(12)20(18,19)15(4,5)6/h11-14,17H,7-10H2,1-6H3/t12-,13+,14-,16?/m1/s1. The summed E-state index contributed by atoms with van der Waals surface area (Å²) < 4.78 is 26.0. The van der Waals surface area contributed by atoms with E-state index in [9.17, 15) is 13.5 Å². The van der Waals surface area contributed by atoms with Crippen LogP contribution in [0.15, 0.2) is 0 Å². The first-order chi connectivity index (χ1) is 9.05. The molecule has 120 valence electrons. The zero-order chi connectivity index (χ0) is 15.7. The van der Waals surface area contributed by atoms with E-state index in [1.807, 2.05) is 13.8 Å². The van der Waals surface area contributed by atoms with Crippen molar-refractivity contribution in [1.29, 1.82) is 0 Å². The third kappa shape index (κ3) is 3.55. The third-order valence-electron chi connectivity index (χ3n) is 4.11. The summed E-state index contributed by atoms with van der Waals surface area (Å²) in [5.74, 6) is 0.0776. The molecule has 4 nitrogen and oxygen atoms in total. The first-order valence-electron chi connectivity index (χ1n) is 7.76. The van der Waals surface area contributed by atoms with E-state index in [0.717, 1.165) is 25.7 Å². The van der Waals surface area contributed by atoms with Gasteiger partial charge in [0.05, 0.1) is 16.9 Å². The van der Waals surface area contributed by atoms with Gasteiger partial charge in [0.1, 0.15) is 0 Å². The largest absolute Gasteiger partial charge is 0.391 e. The van der Waals surface area contributed by atoms with Crippen LogP contribution in [0, 0.1) is 5.92 Å². The summed E-state index contributed by atoms with van der Waals surface area (Å²) in [7, 11) is -3.34. The molecule has 1 N–H and O–H groups in total. The summed E-state index contributed by atoms with van der Waals surface area (Å²) >= 11 is 0. The highest BCUT2D eigenvalue weighted by Crippen LogP contribution is 2.43. The van der Waals surface area contributed by atoms with Gasteiger partial charge < -0.3 is 5.11 Å². The van der Waals surface area contributed by atoms with Gasteiger partial charge in [-0.3, -0.25) is 0 Å². The summed E-state index contributed by atoms with van der Waals surface area (Å²) in [6, 6.07) is -0.237. The molecule has 20 heavy (non-hydrogen) atoms. The van der Waals surface area contributed by atoms with E-state index in [0.29, 0.717) is 0 Å². The van der Waals surface area contributed by atoms with Crippen molar-refractivity contribution >= 4 is 10.0 Å². The van der Waals surface area contributed by atoms with Crippen LogP contribution in [-0.2, 0) is 10.0 Å². The summed E-state index contributed by atoms with van der Waals surface area (Å²) in [5, 5.41) is 10.3. The highest BCUT2D eigenvalue weighted by atomic mass is 32.2. The molecule has 0 aromatic carbocycles. The molecule has 1 heterocycles. The van der Waals surface area contributed by atoms with Crippen molar-refractivity contribution in [2.75, 3.05) is 0 Å². The molecule has 0 aliphatic carbocycles. The van der Waals surface area contributed by atoms with Crippen LogP contribution in [-0.4, -0.2) is 40.8 Å². The number of nitrogens with zero attached hydrogens (tertiary/aromatic N) is 1. The van der Waals surface area contributed by atoms with Gasteiger partial charge in [0.25, 0.3) is 0 Å². The minimum atomic E-state index is -3.34. The third-order valence-corrected chi connectivity index (χ3v) is 6.73. The fourth-order valence-corrected chi connectivity index (χ4v) is 4.36. The zero-order valence-electron chi connectivity index (χ0n) is 13.8. The molecular weight excluding hydrogens is 274 g/mol. The van der Waals surface area contributed by atoms with Gasteiger partial charge in [-0.1, -0.05) is 40.0 Å². The van der Waals surface area contributed by atoms with Gasteiger partial charge in [0.15, 0.2) is 0 Å². The molecule has 1 rings (SSSR count). The molecule has 0 aromatic rings. The Balaban J connectivity index is 2.87. The van der Waals surface area contributed by atoms with Crippen LogP contribution >= 0.6 is 0 Å². The maximum absolute atomic E-state index is 12.6. The second-order valence-electron chi connectivity index (χ2n) is 7.24. The molecule has 0 radical (unpaired) electrons. The van der Waals surface area contributed by atoms with Crippen molar-refractivity contribution in [3.63, 3.8) is 0 Å². The molecule has 5 heteroatoms. The average Bonchev–Trinajstić information content (AvgIpc) is 3.01. The highest BCUT2D eigenvalue weighted by Gasteiger charge is 2.60. The first-order valence-corrected chi connectivity index (χ1v) is 9.20. The summed E-state index contributed by atoms with van der Waals surface area (Å²) in [4.78, 5) is 0. The second kappa shape index (κ2) is 6.32. The minimum absolute atomic E-state index is 0.0109. The van der Waals surface area contributed by atoms with Crippen molar-refractivity contribution < 1.29 is 13.5 Å². The molecule has 1 aliphatic heterocycles. The van der Waals surface area contributed by atoms with E-state index < -0.39 is 20.9 Å². The smallest absolute Gasteiger partial charge is 0.219 e. The SMILES string of the molecule is CCCCC[C@@H]1[C@@H]([C@H](O)C(C)C)N1S(=O)(=O)C(C)(C)C. The molecule has 0 saturated carbocycles. The van der Waals surface area contributed by atoms with E-state index in [1.165, 1.54) is 0 Å². The maximum atomic E-state index is 12.6. The Morgan fingerprint density at radius 2 is 1.75 bits per heavy atom. The van der Waals surface area contributed by atoms with Crippen molar-refractivity contribution in [1.82, 2.24) is 4.31 Å². The van der Waals surface area contributed by atoms with Crippen molar-refractivity contribution in [3.8, 4) is 0 Å². The Morgan fingerprint density at radius 1 is 1.20 bits per heavy atom. The quantitative estimate of drug-likeness (QED) is 0.581. The lowest BCUT2D eigenvalue weighted by atomic mass is 10.0. The number of unbranched alkanes of at least 4 members (excludes halogenated alkanes) is 2. The van der Waals surface area contributed by atoms with E-state index in [4.69, 9.17) is 0 Å². The van der Waals surface area contributed by atoms with Crippen LogP contribution in [0.2, 0.25) is 0 Å². The minimum Gasteiger partial charge on any atom is -0.391 e. The van der Waals surface area contributed by atoms with Crippen LogP contribution in [0.25, 0.3) is 0 Å². The first kappa shape index (κ1) is 17.9. The van der Waals surface area contributed by atoms with Crippen molar-refractivity contribution in [2.45, 2.75) is 90.2 Å². The lowest BCUT2D eigenvalue weighted by Crippen LogP contribution is -2.37. The predicted octanol–water partition coefficient (Wildman–Crippen LogP) is 2.76. The number of aliphatic hydroxyl groups is 1.